The number of ether oxygens (including phenoxy) is 6. The minimum Gasteiger partial charge on any atom is -0.490 e. The molecule has 0 atom stereocenters. The first-order valence-electron chi connectivity index (χ1n) is 43.4. The number of nitrogens with zero attached hydrogens (tertiary/aromatic N) is 10. The molecule has 3 aromatic heterocycles. The molecule has 9 rings (SSSR count). The fourth-order valence-electron chi connectivity index (χ4n) is 14.3. The highest BCUT2D eigenvalue weighted by atomic mass is 32.1. The van der Waals surface area contributed by atoms with Gasteiger partial charge >= 0.3 is 0 Å². The molecule has 0 fully saturated rings. The van der Waals surface area contributed by atoms with Crippen molar-refractivity contribution in [2.75, 3.05) is 206 Å². The van der Waals surface area contributed by atoms with E-state index in [2.05, 4.69) is 248 Å². The third kappa shape index (κ3) is 33.1. The molecule has 0 N–H and O–H groups in total. The van der Waals surface area contributed by atoms with Crippen molar-refractivity contribution in [1.29, 1.82) is 0 Å². The van der Waals surface area contributed by atoms with Gasteiger partial charge in [-0.05, 0) is 236 Å². The number of rotatable bonds is 56. The van der Waals surface area contributed by atoms with Gasteiger partial charge in [0.25, 0.3) is 0 Å². The number of hydrogen-bond donors (Lipinski definition) is 0. The van der Waals surface area contributed by atoms with Gasteiger partial charge < -0.3 is 55.3 Å². The first-order valence-corrected chi connectivity index (χ1v) is 46.5. The van der Waals surface area contributed by atoms with Crippen molar-refractivity contribution < 1.29 is 55.3 Å². The van der Waals surface area contributed by atoms with Crippen LogP contribution in [0.5, 0.6) is 34.5 Å². The van der Waals surface area contributed by atoms with E-state index in [9.17, 15) is 0 Å². The quantitative estimate of drug-likeness (QED) is 0.0211. The molecule has 0 bridgehead atoms. The van der Waals surface area contributed by atoms with E-state index in [1.807, 2.05) is 0 Å². The third-order valence-electron chi connectivity index (χ3n) is 20.9. The molecule has 4 heterocycles. The summed E-state index contributed by atoms with van der Waals surface area (Å²) in [4.78, 5) is 4.49. The smallest absolute Gasteiger partial charge is 0.203 e. The second kappa shape index (κ2) is 45.5. The van der Waals surface area contributed by atoms with Gasteiger partial charge in [0.2, 0.25) is 11.5 Å². The van der Waals surface area contributed by atoms with Crippen LogP contribution in [0, 0.1) is 0 Å². The Kier molecular flexibility index (Phi) is 36.5. The Balaban J connectivity index is 0.897. The number of hydrogen-bond acceptors (Lipinski definition) is 13. The van der Waals surface area contributed by atoms with Gasteiger partial charge in [-0.15, -0.1) is 22.7 Å². The van der Waals surface area contributed by atoms with Gasteiger partial charge in [0.05, 0.1) is 229 Å². The highest BCUT2D eigenvalue weighted by molar-refractivity contribution is 7.58. The van der Waals surface area contributed by atoms with Gasteiger partial charge in [0, 0.05) is 30.6 Å². The van der Waals surface area contributed by atoms with Crippen molar-refractivity contribution in [2.24, 2.45) is 8.73 Å². The lowest BCUT2D eigenvalue weighted by Crippen LogP contribution is -2.35. The van der Waals surface area contributed by atoms with Crippen LogP contribution in [0.2, 0.25) is 0 Å². The Morgan fingerprint density at radius 3 is 0.776 bits per heavy atom. The van der Waals surface area contributed by atoms with Gasteiger partial charge in [-0.3, -0.25) is 0 Å². The molecule has 1 aliphatic heterocycles. The van der Waals surface area contributed by atoms with Crippen LogP contribution in [-0.4, -0.2) is 241 Å². The largest absolute Gasteiger partial charge is 0.490 e. The molecule has 0 radical (unpaired) electrons. The summed E-state index contributed by atoms with van der Waals surface area (Å²) < 4.78 is 66.3. The maximum Gasteiger partial charge on any atom is 0.203 e. The molecule has 0 aliphatic carbocycles. The summed E-state index contributed by atoms with van der Waals surface area (Å²) in [5.41, 5.74) is 11.9. The monoisotopic (exact) mass is 1660 g/mol. The molecule has 116 heavy (non-hydrogen) atoms. The molecular weight excluding hydrogens is 1520 g/mol. The number of fused-ring (bicyclic) bond motifs is 2. The van der Waals surface area contributed by atoms with Crippen LogP contribution in [0.4, 0.5) is 11.4 Å². The van der Waals surface area contributed by atoms with E-state index < -0.39 is 0 Å². The number of quaternary nitrogens is 6. The van der Waals surface area contributed by atoms with Gasteiger partial charge in [0.1, 0.15) is 22.4 Å². The van der Waals surface area contributed by atoms with Crippen molar-refractivity contribution in [3.8, 4) is 76.3 Å². The molecule has 20 heteroatoms. The third-order valence-corrected chi connectivity index (χ3v) is 24.3. The summed E-state index contributed by atoms with van der Waals surface area (Å²) in [6, 6.07) is 35.1. The molecule has 8 aromatic rings. The molecule has 16 nitrogen and oxygen atoms in total. The van der Waals surface area contributed by atoms with Crippen LogP contribution in [0.1, 0.15) is 176 Å². The van der Waals surface area contributed by atoms with Crippen LogP contribution >= 0.6 is 34.4 Å². The summed E-state index contributed by atoms with van der Waals surface area (Å²) in [6.45, 7) is 10.8. The topological polar surface area (TPSA) is 106 Å². The highest BCUT2D eigenvalue weighted by Gasteiger charge is 2.29. The Labute approximate surface area is 715 Å². The minimum atomic E-state index is 0.625. The van der Waals surface area contributed by atoms with Crippen LogP contribution in [0.15, 0.2) is 106 Å². The molecule has 634 valence electrons. The molecule has 0 unspecified atom stereocenters. The minimum absolute atomic E-state index is 0.625. The fourth-order valence-corrected chi connectivity index (χ4v) is 17.5. The predicted molar refractivity (Wildman–Crippen MR) is 498 cm³/mol. The Morgan fingerprint density at radius 1 is 0.267 bits per heavy atom. The van der Waals surface area contributed by atoms with E-state index in [1.165, 1.54) is 139 Å². The summed E-state index contributed by atoms with van der Waals surface area (Å²) in [5.74, 6) is 4.51. The van der Waals surface area contributed by atoms with Gasteiger partial charge in [-0.2, -0.15) is 17.5 Å². The molecular formula is C96H146N10O6S4+6. The normalized spacial score (nSPS) is 12.9. The summed E-state index contributed by atoms with van der Waals surface area (Å²) in [7, 11) is 40.9. The zero-order valence-electron chi connectivity index (χ0n) is 74.6. The van der Waals surface area contributed by atoms with E-state index in [0.29, 0.717) is 39.6 Å². The van der Waals surface area contributed by atoms with Crippen LogP contribution in [0.25, 0.3) is 77.1 Å². The zero-order chi connectivity index (χ0) is 83.2. The van der Waals surface area contributed by atoms with Crippen molar-refractivity contribution in [1.82, 2.24) is 8.75 Å². The average Bonchev–Trinajstić information content (AvgIpc) is 1.57. The van der Waals surface area contributed by atoms with Crippen LogP contribution in [-0.2, 0) is 11.4 Å². The first kappa shape index (κ1) is 93.1. The van der Waals surface area contributed by atoms with Gasteiger partial charge in [-0.1, -0.05) is 72.8 Å². The summed E-state index contributed by atoms with van der Waals surface area (Å²) in [5, 5.41) is 0. The molecule has 0 spiro atoms. The Morgan fingerprint density at radius 2 is 0.509 bits per heavy atom. The van der Waals surface area contributed by atoms with E-state index >= 15 is 0 Å². The predicted octanol–water partition coefficient (Wildman–Crippen LogP) is 23.4. The first-order chi connectivity index (χ1) is 55.3. The van der Waals surface area contributed by atoms with Crippen LogP contribution < -0.4 is 28.4 Å². The Bertz CT molecular complexity index is 4050. The lowest BCUT2D eigenvalue weighted by Gasteiger charge is -2.23. The van der Waals surface area contributed by atoms with Crippen molar-refractivity contribution in [2.45, 2.75) is 154 Å². The second-order valence-electron chi connectivity index (χ2n) is 38.3. The summed E-state index contributed by atoms with van der Waals surface area (Å²) in [6.07, 6.45) is 35.9. The zero-order valence-corrected chi connectivity index (χ0v) is 77.8. The molecule has 1 aliphatic rings. The van der Waals surface area contributed by atoms with E-state index in [-0.39, 0.29) is 0 Å². The van der Waals surface area contributed by atoms with Crippen molar-refractivity contribution >= 4 is 92.5 Å². The lowest BCUT2D eigenvalue weighted by atomic mass is 10.0. The van der Waals surface area contributed by atoms with Crippen molar-refractivity contribution in [3.63, 3.8) is 0 Å². The number of unbranched alkanes of at least 4 members (excludes halogenated alkanes) is 18. The van der Waals surface area contributed by atoms with E-state index in [4.69, 9.17) is 45.9 Å². The maximum absolute atomic E-state index is 6.73. The molecule has 0 saturated heterocycles. The molecule has 0 amide bonds. The Hall–Kier alpha value is -6.82. The molecule has 5 aromatic carbocycles. The highest BCUT2D eigenvalue weighted by Crippen LogP contribution is 2.55. The maximum atomic E-state index is 6.73. The summed E-state index contributed by atoms with van der Waals surface area (Å²) >= 11 is 5.99. The standard InChI is InChI=1S/C96H146N10O6S4/c1-101(2,3)59-31-19-25-37-65-107-81-71-77(72-82(108-66-38-26-20-32-60-102(4,5)6)95(81)111-69-41-29-23-35-63-105(13,14)15)45-43-75-47-51-79(52-48-75)85-55-57-87(113-85)89-91-93(99-115-97-91)90(94-92(89)98-116-100-94)88-58-56-86(114-88)80-53-49-76(50-54-80)44-46-78-73-83(109-67-39-27-21-33-61-103(7,8)9)96(112-70-42-30-24-36-64-106(16,17)18)84(74-78)110-68-40-28-22-34-62-104(10,11)12/h43-58,71-74H,19-42,59-70H2,1-18H3/q+6/b45-43+,46-44+. The molecule has 0 saturated carbocycles. The number of benzene rings is 5. The number of thiophene rings is 2. The van der Waals surface area contributed by atoms with E-state index in [0.717, 1.165) is 225 Å². The fraction of sp³-hybridized carbons (Fsp3) is 0.562. The van der Waals surface area contributed by atoms with Crippen molar-refractivity contribution in [3.05, 3.63) is 119 Å². The second-order valence-corrected chi connectivity index (χ2v) is 41.5. The van der Waals surface area contributed by atoms with Gasteiger partial charge in [0.15, 0.2) is 23.0 Å². The SMILES string of the molecule is C[N+](C)(C)CCCCCCOc1cc(/C=C/c2ccc(-c3ccc(-c4c5c(c(-c6ccc(-c7ccc(/C=C/c8cc(OCCCCCC[N+](C)(C)C)c(OCCCCCC[N+](C)(C)C)c(OCCCCCC[N+](C)(C)C)c8)cc7)s6)c6nsnc46)N=S=N5)s3)cc2)cc(OCCCCCC[N+](C)(C)C)c1OCCCCCC[N+](C)(C)C. The average molecular weight is 1660 g/mol. The van der Waals surface area contributed by atoms with Crippen LogP contribution in [0.3, 0.4) is 0 Å². The number of aromatic nitrogens is 2. The lowest BCUT2D eigenvalue weighted by molar-refractivity contribution is -0.870. The van der Waals surface area contributed by atoms with E-state index in [1.54, 1.807) is 22.7 Å². The van der Waals surface area contributed by atoms with Gasteiger partial charge in [-0.25, -0.2) is 0 Å².